The Morgan fingerprint density at radius 3 is 1.70 bits per heavy atom. The minimum Gasteiger partial charge on any atom is -0.497 e. The fourth-order valence-corrected chi connectivity index (χ4v) is 11.4. The average Bonchev–Trinajstić information content (AvgIpc) is 1.69. The van der Waals surface area contributed by atoms with Gasteiger partial charge < -0.3 is 118 Å². The van der Waals surface area contributed by atoms with Gasteiger partial charge in [-0.15, -0.1) is 0 Å². The number of carboxylic acid groups (broad SMARTS) is 4. The fourth-order valence-electron chi connectivity index (χ4n) is 11.4. The zero-order valence-corrected chi connectivity index (χ0v) is 65.0. The van der Waals surface area contributed by atoms with Crippen molar-refractivity contribution >= 4 is 135 Å². The van der Waals surface area contributed by atoms with Gasteiger partial charge in [0, 0.05) is 47.6 Å². The van der Waals surface area contributed by atoms with Crippen LogP contribution in [0.1, 0.15) is 153 Å². The molecule has 13 atom stereocenters. The lowest BCUT2D eigenvalue weighted by Crippen LogP contribution is -2.40. The van der Waals surface area contributed by atoms with Crippen molar-refractivity contribution < 1.29 is 131 Å². The summed E-state index contributed by atoms with van der Waals surface area (Å²) in [6.07, 6.45) is -1.53. The fraction of sp³-hybridized carbons (Fsp3) is 0.541. The highest BCUT2D eigenvalue weighted by molar-refractivity contribution is 6.04. The number of cyclic esters (lactones) is 1. The van der Waals surface area contributed by atoms with Crippen molar-refractivity contribution in [1.82, 2.24) is 4.98 Å². The largest absolute Gasteiger partial charge is 0.497 e. The molecule has 43 heteroatoms. The Balaban J connectivity index is 2.09. The molecule has 2 heterocycles. The first kappa shape index (κ1) is 96.7. The summed E-state index contributed by atoms with van der Waals surface area (Å²) < 4.78 is 5.73. The van der Waals surface area contributed by atoms with Crippen LogP contribution < -0.4 is 11.5 Å². The standard InChI is InChI=1S/C74H105N17O26/c1-36(2)17-10-8-6-7-9-11-23-55(95)83-46(26-40-32-78-44-21-15-13-18-41(40)44)68(110)86-47(28-54(77)94)69(111)88-50(31-61(104)105)70(112)91-63-39(5)117-74(116)51(27-53(93)42-19-12-14-20-43(42)76)89-73(115)62(37(3)25-58(98)99)90-71(113)52(35-92)84-57(97)33-79-65(107)48(29-59(100)101)85-64(106)38(4)81-67(109)49(30-60(102)103)87-66(108)45(22-16-24-75)82-56(96)34-80-72(63)114/h12-15,18-21,32,36-39,45-52,62-63,78,92H,6-11,16-17,22-31,33-35,75-76H2,1-5H3,(H2,77,94)(H,79,107)(H,80,114)(H,81,109)(H,82,96)(H,83,95)(H,84,97)(H,85,106)(H,86,110)(H,87,108)(H,88,111)(H,89,115)(H,90,113)(H,91,112)(H,98,99)(H,100,101)(H,102,103)(H,104,105)/t37?,38?,39-,45?,46?,47?,48?,49?,50?,51?,52?,62?,63+/m1/s1. The van der Waals surface area contributed by atoms with E-state index in [1.165, 1.54) is 24.3 Å². The first-order chi connectivity index (χ1) is 55.2. The molecule has 1 aromatic heterocycles. The number of ketones is 1. The number of aromatic nitrogens is 1. The summed E-state index contributed by atoms with van der Waals surface area (Å²) in [6.45, 7) is 3.60. The molecule has 3 aromatic rings. The van der Waals surface area contributed by atoms with E-state index in [1.54, 1.807) is 30.5 Å². The number of fused-ring (bicyclic) bond motifs is 1. The normalized spacial score (nSPS) is 22.0. The Morgan fingerprint density at radius 1 is 0.564 bits per heavy atom. The first-order valence-corrected chi connectivity index (χ1v) is 37.2. The molecule has 0 saturated carbocycles. The number of hydrogen-bond donors (Lipinski definition) is 23. The number of aromatic amines is 1. The van der Waals surface area contributed by atoms with Crippen molar-refractivity contribution in [2.75, 3.05) is 32.0 Å². The second-order valence-corrected chi connectivity index (χ2v) is 27.7. The van der Waals surface area contributed by atoms with Crippen molar-refractivity contribution in [2.24, 2.45) is 82.5 Å². The number of aliphatic hydroxyl groups excluding tert-OH is 15. The topological polar surface area (TPSA) is 748 Å². The summed E-state index contributed by atoms with van der Waals surface area (Å²) in [5.41, 5.74) is 12.7. The molecular formula is C74H105N17O26. The van der Waals surface area contributed by atoms with Crippen LogP contribution in [0.3, 0.4) is 0 Å². The molecule has 0 aliphatic carbocycles. The lowest BCUT2D eigenvalue weighted by atomic mass is 9.97. The van der Waals surface area contributed by atoms with Gasteiger partial charge in [-0.2, -0.15) is 0 Å². The minimum atomic E-state index is -2.42. The number of nitrogen functional groups attached to an aromatic ring is 1. The lowest BCUT2D eigenvalue weighted by molar-refractivity contribution is -0.150. The number of aliphatic imine (C=N–C) groups is 13. The van der Waals surface area contributed by atoms with Crippen LogP contribution in [-0.4, -0.2) is 319 Å². The number of ether oxygens (including phenoxy) is 1. The maximum Gasteiger partial charge on any atom is 0.331 e. The molecule has 1 aliphatic heterocycles. The first-order valence-electron chi connectivity index (χ1n) is 37.2. The molecule has 43 nitrogen and oxygen atoms in total. The second kappa shape index (κ2) is 48.5. The quantitative estimate of drug-likeness (QED) is 0.00696. The molecule has 11 unspecified atom stereocenters. The number of Topliss-reactive ketones (excluding diaryl/α,β-unsaturated/α-hetero) is 1. The predicted molar refractivity (Wildman–Crippen MR) is 436 cm³/mol. The number of carbonyl (C=O) groups is 6. The van der Waals surface area contributed by atoms with Crippen LogP contribution in [0.15, 0.2) is 120 Å². The lowest BCUT2D eigenvalue weighted by Gasteiger charge is -2.24. The smallest absolute Gasteiger partial charge is 0.331 e. The molecule has 117 heavy (non-hydrogen) atoms. The number of nitrogens with one attached hydrogen (secondary N) is 2. The van der Waals surface area contributed by atoms with Crippen LogP contribution in [0.2, 0.25) is 0 Å². The van der Waals surface area contributed by atoms with Crippen molar-refractivity contribution in [3.8, 4) is 0 Å². The monoisotopic (exact) mass is 1650 g/mol. The van der Waals surface area contributed by atoms with E-state index in [9.17, 15) is 126 Å². The number of benzene rings is 2. The number of para-hydroxylation sites is 2. The van der Waals surface area contributed by atoms with Gasteiger partial charge in [0.25, 0.3) is 0 Å². The minimum absolute atomic E-state index is 0.0511. The van der Waals surface area contributed by atoms with E-state index in [0.717, 1.165) is 59.3 Å². The van der Waals surface area contributed by atoms with Gasteiger partial charge in [0.1, 0.15) is 67.5 Å². The molecule has 0 spiro atoms. The number of carboxylic acids is 4. The number of nitrogens with two attached hydrogens (primary N) is 2. The number of rotatable bonds is 36. The van der Waals surface area contributed by atoms with Gasteiger partial charge in [0.05, 0.1) is 38.7 Å². The molecular weight excluding hydrogens is 1540 g/mol. The van der Waals surface area contributed by atoms with E-state index < -0.39 is 255 Å². The number of nitrogens with zero attached hydrogens (tertiary/aromatic N) is 13. The van der Waals surface area contributed by atoms with Crippen LogP contribution >= 0.6 is 0 Å². The molecule has 0 saturated heterocycles. The predicted octanol–water partition coefficient (Wildman–Crippen LogP) is 6.99. The number of unbranched alkanes of at least 4 members (excludes halogenated alkanes) is 5. The third-order valence-electron chi connectivity index (χ3n) is 17.5. The Morgan fingerprint density at radius 2 is 1.10 bits per heavy atom. The average molecular weight is 1650 g/mol. The van der Waals surface area contributed by atoms with Crippen molar-refractivity contribution in [3.05, 3.63) is 65.9 Å². The summed E-state index contributed by atoms with van der Waals surface area (Å²) in [7, 11) is 0. The highest BCUT2D eigenvalue weighted by Gasteiger charge is 2.37. The number of aliphatic carboxylic acids is 4. The summed E-state index contributed by atoms with van der Waals surface area (Å²) in [5.74, 6) is -26.9. The van der Waals surface area contributed by atoms with E-state index >= 15 is 0 Å². The van der Waals surface area contributed by atoms with E-state index in [1.807, 2.05) is 0 Å². The molecule has 25 N–H and O–H groups in total. The van der Waals surface area contributed by atoms with Gasteiger partial charge in [0.15, 0.2) is 35.7 Å². The molecule has 4 rings (SSSR count). The van der Waals surface area contributed by atoms with Crippen molar-refractivity contribution in [1.29, 1.82) is 5.41 Å². The van der Waals surface area contributed by atoms with Crippen LogP contribution in [0, 0.1) is 17.2 Å². The third kappa shape index (κ3) is 33.7. The van der Waals surface area contributed by atoms with E-state index in [4.69, 9.17) is 21.6 Å². The van der Waals surface area contributed by atoms with Crippen LogP contribution in [0.25, 0.3) is 10.9 Å². The number of carbonyl (C=O) groups excluding carboxylic acids is 2. The van der Waals surface area contributed by atoms with Crippen molar-refractivity contribution in [2.45, 2.75) is 216 Å². The Hall–Kier alpha value is -12.7. The Bertz CT molecular complexity index is 4320. The number of aliphatic hydroxyl groups is 15. The van der Waals surface area contributed by atoms with Crippen LogP contribution in [-0.2, 0) is 35.1 Å². The Labute approximate surface area is 669 Å². The van der Waals surface area contributed by atoms with Gasteiger partial charge in [-0.1, -0.05) is 89.6 Å². The van der Waals surface area contributed by atoms with Gasteiger partial charge in [-0.05, 0) is 75.3 Å². The summed E-state index contributed by atoms with van der Waals surface area (Å²) >= 11 is 0. The van der Waals surface area contributed by atoms with E-state index in [0.29, 0.717) is 28.8 Å². The maximum atomic E-state index is 14.9. The number of esters is 1. The van der Waals surface area contributed by atoms with Crippen LogP contribution in [0.4, 0.5) is 5.69 Å². The van der Waals surface area contributed by atoms with Gasteiger partial charge in [-0.3, -0.25) is 29.4 Å². The molecule has 0 amide bonds. The molecule has 0 radical (unpaired) electrons. The maximum absolute atomic E-state index is 14.9. The molecule has 0 bridgehead atoms. The number of hydrogen-bond acceptors (Lipinski definition) is 24. The second-order valence-electron chi connectivity index (χ2n) is 27.7. The van der Waals surface area contributed by atoms with E-state index in [-0.39, 0.29) is 43.5 Å². The molecule has 642 valence electrons. The summed E-state index contributed by atoms with van der Waals surface area (Å²) in [6, 6.07) is -10.1. The van der Waals surface area contributed by atoms with Gasteiger partial charge in [0.2, 0.25) is 70.8 Å². The Kier molecular flexibility index (Phi) is 40.1. The summed E-state index contributed by atoms with van der Waals surface area (Å²) in [4.78, 5) is 132. The van der Waals surface area contributed by atoms with Gasteiger partial charge in [-0.25, -0.2) is 69.7 Å². The molecule has 1 aliphatic rings. The SMILES string of the molecule is CC(C)CCCCCCCCC(O)=NC(Cc1c[nH]c2ccccc12)C(O)=NC(CC(=N)O)C(O)=NC(CC(=O)O)C(O)=N[C@@H]1C(O)=NCC(O)=NC(CCCN)C(O)=NC(CC(=O)O)C(O)=NC(C)C(O)=NC(CC(=O)O)C(O)=NCC(O)=NC(CO)C(O)=NC(C(C)CC(=O)O)C(O)=NC(CC(=O)c2ccccc2N)C(=O)O[C@@H]1C. The highest BCUT2D eigenvalue weighted by Crippen LogP contribution is 2.25. The molecule has 2 aromatic carbocycles. The molecule has 0 fully saturated rings. The zero-order chi connectivity index (χ0) is 87.3. The van der Waals surface area contributed by atoms with Gasteiger partial charge >= 0.3 is 29.8 Å². The number of anilines is 1. The highest BCUT2D eigenvalue weighted by atomic mass is 16.5. The van der Waals surface area contributed by atoms with Crippen molar-refractivity contribution in [3.63, 3.8) is 0 Å². The van der Waals surface area contributed by atoms with E-state index in [2.05, 4.69) is 83.7 Å². The summed E-state index contributed by atoms with van der Waals surface area (Å²) in [5, 5.41) is 218. The number of H-pyrrole nitrogens is 1. The zero-order valence-electron chi connectivity index (χ0n) is 65.0. The third-order valence-corrected chi connectivity index (χ3v) is 17.5. The van der Waals surface area contributed by atoms with Crippen LogP contribution in [0.5, 0.6) is 0 Å².